The minimum Gasteiger partial charge on any atom is -0.449 e. The van der Waals surface area contributed by atoms with E-state index >= 15 is 0 Å². The van der Waals surface area contributed by atoms with Crippen molar-refractivity contribution in [1.82, 2.24) is 10.3 Å². The Hall–Kier alpha value is -2.90. The number of carbonyl (C=O) groups excluding carboxylic acids is 2. The quantitative estimate of drug-likeness (QED) is 0.798. The van der Waals surface area contributed by atoms with Crippen molar-refractivity contribution in [2.45, 2.75) is 25.6 Å². The summed E-state index contributed by atoms with van der Waals surface area (Å²) in [6.07, 6.45) is -1.67. The summed E-state index contributed by atoms with van der Waals surface area (Å²) in [6, 6.07) is 7.24. The average molecular weight is 366 g/mol. The summed E-state index contributed by atoms with van der Waals surface area (Å²) in [4.78, 5) is 27.8. The summed E-state index contributed by atoms with van der Waals surface area (Å²) >= 11 is 0. The molecule has 1 atom stereocenters. The zero-order valence-electron chi connectivity index (χ0n) is 13.9. The van der Waals surface area contributed by atoms with E-state index < -0.39 is 29.7 Å². The Morgan fingerprint density at radius 2 is 1.73 bits per heavy atom. The third-order valence-corrected chi connectivity index (χ3v) is 3.56. The molecule has 0 aliphatic rings. The smallest absolute Gasteiger partial charge is 0.416 e. The maximum atomic E-state index is 12.5. The molecule has 1 heterocycles. The SMILES string of the molecule is C[C@@H](OC(=O)c1ccc(C(F)(F)F)cc1)C(=O)NCCc1ccncc1. The van der Waals surface area contributed by atoms with E-state index in [0.29, 0.717) is 13.0 Å². The number of hydrogen-bond acceptors (Lipinski definition) is 4. The molecular formula is C18H17F3N2O3. The fourth-order valence-electron chi connectivity index (χ4n) is 2.10. The van der Waals surface area contributed by atoms with Gasteiger partial charge in [-0.15, -0.1) is 0 Å². The molecule has 0 aliphatic carbocycles. The Labute approximate surface area is 148 Å². The van der Waals surface area contributed by atoms with Crippen LogP contribution in [0.25, 0.3) is 0 Å². The Kier molecular flexibility index (Phi) is 6.32. The number of rotatable bonds is 6. The molecule has 8 heteroatoms. The van der Waals surface area contributed by atoms with Gasteiger partial charge in [-0.3, -0.25) is 9.78 Å². The standard InChI is InChI=1S/C18H17F3N2O3/c1-12(16(24)23-11-8-13-6-9-22-10-7-13)26-17(25)14-2-4-15(5-3-14)18(19,20)21/h2-7,9-10,12H,8,11H2,1H3,(H,23,24)/t12-/m1/s1. The molecule has 0 fully saturated rings. The number of alkyl halides is 3. The molecule has 1 N–H and O–H groups in total. The van der Waals surface area contributed by atoms with Crippen LogP contribution in [-0.4, -0.2) is 29.5 Å². The van der Waals surface area contributed by atoms with Crippen LogP contribution in [0.1, 0.15) is 28.4 Å². The molecule has 0 saturated heterocycles. The summed E-state index contributed by atoms with van der Waals surface area (Å²) in [5.41, 5.74) is 0.0695. The summed E-state index contributed by atoms with van der Waals surface area (Å²) in [6.45, 7) is 1.74. The summed E-state index contributed by atoms with van der Waals surface area (Å²) in [5, 5.41) is 2.63. The summed E-state index contributed by atoms with van der Waals surface area (Å²) < 4.78 is 42.5. The molecule has 2 rings (SSSR count). The van der Waals surface area contributed by atoms with Crippen LogP contribution in [0.5, 0.6) is 0 Å². The van der Waals surface area contributed by atoms with E-state index in [9.17, 15) is 22.8 Å². The number of pyridine rings is 1. The van der Waals surface area contributed by atoms with Gasteiger partial charge in [0.2, 0.25) is 0 Å². The van der Waals surface area contributed by atoms with E-state index in [4.69, 9.17) is 4.74 Å². The molecule has 0 radical (unpaired) electrons. The second-order valence-electron chi connectivity index (χ2n) is 5.52. The molecule has 1 amide bonds. The predicted molar refractivity (Wildman–Crippen MR) is 87.3 cm³/mol. The number of hydrogen-bond donors (Lipinski definition) is 1. The van der Waals surface area contributed by atoms with Gasteiger partial charge in [0.1, 0.15) is 0 Å². The lowest BCUT2D eigenvalue weighted by molar-refractivity contribution is -0.137. The Bertz CT molecular complexity index is 747. The molecule has 0 saturated carbocycles. The highest BCUT2D eigenvalue weighted by atomic mass is 19.4. The van der Waals surface area contributed by atoms with Crippen molar-refractivity contribution in [3.05, 3.63) is 65.5 Å². The predicted octanol–water partition coefficient (Wildman–Crippen LogP) is 3.00. The molecule has 0 spiro atoms. The van der Waals surface area contributed by atoms with E-state index in [2.05, 4.69) is 10.3 Å². The molecule has 26 heavy (non-hydrogen) atoms. The first-order chi connectivity index (χ1) is 12.3. The first kappa shape index (κ1) is 19.4. The molecule has 138 valence electrons. The van der Waals surface area contributed by atoms with Gasteiger partial charge in [-0.1, -0.05) is 0 Å². The summed E-state index contributed by atoms with van der Waals surface area (Å²) in [7, 11) is 0. The van der Waals surface area contributed by atoms with Crippen LogP contribution in [0.15, 0.2) is 48.8 Å². The van der Waals surface area contributed by atoms with Crippen molar-refractivity contribution in [2.24, 2.45) is 0 Å². The Morgan fingerprint density at radius 3 is 2.31 bits per heavy atom. The highest BCUT2D eigenvalue weighted by Gasteiger charge is 2.30. The minimum absolute atomic E-state index is 0.0607. The van der Waals surface area contributed by atoms with Crippen LogP contribution in [0, 0.1) is 0 Å². The molecule has 1 aromatic carbocycles. The first-order valence-electron chi connectivity index (χ1n) is 7.82. The van der Waals surface area contributed by atoms with Gasteiger partial charge in [-0.05, 0) is 55.3 Å². The fraction of sp³-hybridized carbons (Fsp3) is 0.278. The third-order valence-electron chi connectivity index (χ3n) is 3.56. The van der Waals surface area contributed by atoms with Crippen LogP contribution in [0.3, 0.4) is 0 Å². The zero-order valence-corrected chi connectivity index (χ0v) is 13.9. The number of nitrogens with one attached hydrogen (secondary N) is 1. The van der Waals surface area contributed by atoms with E-state index in [0.717, 1.165) is 29.8 Å². The van der Waals surface area contributed by atoms with Crippen molar-refractivity contribution in [3.8, 4) is 0 Å². The number of esters is 1. The second-order valence-corrected chi connectivity index (χ2v) is 5.52. The number of amides is 1. The lowest BCUT2D eigenvalue weighted by atomic mass is 10.1. The topological polar surface area (TPSA) is 68.3 Å². The second kappa shape index (κ2) is 8.46. The van der Waals surface area contributed by atoms with Gasteiger partial charge in [0, 0.05) is 18.9 Å². The maximum absolute atomic E-state index is 12.5. The van der Waals surface area contributed by atoms with Gasteiger partial charge in [0.15, 0.2) is 6.10 Å². The monoisotopic (exact) mass is 366 g/mol. The van der Waals surface area contributed by atoms with Crippen molar-refractivity contribution in [1.29, 1.82) is 0 Å². The third kappa shape index (κ3) is 5.58. The van der Waals surface area contributed by atoms with Gasteiger partial charge in [0.05, 0.1) is 11.1 Å². The van der Waals surface area contributed by atoms with Gasteiger partial charge in [-0.25, -0.2) is 4.79 Å². The zero-order chi connectivity index (χ0) is 19.2. The average Bonchev–Trinajstić information content (AvgIpc) is 2.61. The fourth-order valence-corrected chi connectivity index (χ4v) is 2.10. The maximum Gasteiger partial charge on any atom is 0.416 e. The van der Waals surface area contributed by atoms with Crippen LogP contribution in [-0.2, 0) is 22.1 Å². The van der Waals surface area contributed by atoms with E-state index in [1.54, 1.807) is 12.4 Å². The van der Waals surface area contributed by atoms with Crippen LogP contribution in [0.4, 0.5) is 13.2 Å². The van der Waals surface area contributed by atoms with E-state index in [1.807, 2.05) is 12.1 Å². The number of benzene rings is 1. The lowest BCUT2D eigenvalue weighted by Crippen LogP contribution is -2.36. The number of aromatic nitrogens is 1. The van der Waals surface area contributed by atoms with Crippen LogP contribution >= 0.6 is 0 Å². The molecule has 2 aromatic rings. The molecule has 1 aromatic heterocycles. The van der Waals surface area contributed by atoms with Crippen LogP contribution in [0.2, 0.25) is 0 Å². The Balaban J connectivity index is 1.83. The van der Waals surface area contributed by atoms with Gasteiger partial charge in [-0.2, -0.15) is 13.2 Å². The highest BCUT2D eigenvalue weighted by Crippen LogP contribution is 2.29. The van der Waals surface area contributed by atoms with Crippen molar-refractivity contribution in [2.75, 3.05) is 6.54 Å². The van der Waals surface area contributed by atoms with Gasteiger partial charge >= 0.3 is 12.1 Å². The van der Waals surface area contributed by atoms with E-state index in [-0.39, 0.29) is 5.56 Å². The number of halogens is 3. The molecule has 0 unspecified atom stereocenters. The van der Waals surface area contributed by atoms with Gasteiger partial charge in [0.25, 0.3) is 5.91 Å². The number of carbonyl (C=O) groups is 2. The van der Waals surface area contributed by atoms with Crippen LogP contribution < -0.4 is 5.32 Å². The Morgan fingerprint density at radius 1 is 1.12 bits per heavy atom. The lowest BCUT2D eigenvalue weighted by Gasteiger charge is -2.14. The normalized spacial score (nSPS) is 12.3. The molecular weight excluding hydrogens is 349 g/mol. The van der Waals surface area contributed by atoms with Gasteiger partial charge < -0.3 is 10.1 Å². The van der Waals surface area contributed by atoms with Crippen molar-refractivity contribution < 1.29 is 27.5 Å². The summed E-state index contributed by atoms with van der Waals surface area (Å²) in [5.74, 6) is -1.35. The van der Waals surface area contributed by atoms with Crippen molar-refractivity contribution in [3.63, 3.8) is 0 Å². The molecule has 0 bridgehead atoms. The van der Waals surface area contributed by atoms with E-state index in [1.165, 1.54) is 6.92 Å². The minimum atomic E-state index is -4.48. The number of nitrogens with zero attached hydrogens (tertiary/aromatic N) is 1. The number of ether oxygens (including phenoxy) is 1. The largest absolute Gasteiger partial charge is 0.449 e. The highest BCUT2D eigenvalue weighted by molar-refractivity contribution is 5.92. The molecule has 0 aliphatic heterocycles. The van der Waals surface area contributed by atoms with Crippen molar-refractivity contribution >= 4 is 11.9 Å². The first-order valence-corrected chi connectivity index (χ1v) is 7.82. The molecule has 5 nitrogen and oxygen atoms in total.